The third kappa shape index (κ3) is 7.24. The second-order valence-corrected chi connectivity index (χ2v) is 7.70. The number of pyridine rings is 1. The van der Waals surface area contributed by atoms with Crippen molar-refractivity contribution in [1.29, 1.82) is 0 Å². The number of fused-ring (bicyclic) bond motifs is 1. The summed E-state index contributed by atoms with van der Waals surface area (Å²) in [5.41, 5.74) is 2.36. The van der Waals surface area contributed by atoms with E-state index in [4.69, 9.17) is 4.74 Å². The first kappa shape index (κ1) is 23.0. The van der Waals surface area contributed by atoms with Crippen LogP contribution in [0.3, 0.4) is 0 Å². The van der Waals surface area contributed by atoms with Crippen molar-refractivity contribution >= 4 is 51.5 Å². The molecule has 0 spiro atoms. The van der Waals surface area contributed by atoms with Crippen molar-refractivity contribution in [2.24, 2.45) is 4.99 Å². The summed E-state index contributed by atoms with van der Waals surface area (Å²) in [6, 6.07) is 19.1. The van der Waals surface area contributed by atoms with Crippen molar-refractivity contribution in [2.45, 2.75) is 20.0 Å². The highest BCUT2D eigenvalue weighted by molar-refractivity contribution is 8.13. The monoisotopic (exact) mass is 448 g/mol. The van der Waals surface area contributed by atoms with Crippen molar-refractivity contribution in [1.82, 2.24) is 15.6 Å². The van der Waals surface area contributed by atoms with Crippen molar-refractivity contribution in [2.75, 3.05) is 5.94 Å². The number of benzene rings is 2. The van der Waals surface area contributed by atoms with E-state index in [0.29, 0.717) is 10.9 Å². The van der Waals surface area contributed by atoms with Crippen LogP contribution in [0.2, 0.25) is 0 Å². The predicted molar refractivity (Wildman–Crippen MR) is 129 cm³/mol. The fourth-order valence-electron chi connectivity index (χ4n) is 2.78. The van der Waals surface area contributed by atoms with Crippen LogP contribution < -0.4 is 10.6 Å². The molecule has 2 aromatic carbocycles. The lowest BCUT2D eigenvalue weighted by molar-refractivity contribution is -0.138. The lowest BCUT2D eigenvalue weighted by atomic mass is 10.2. The van der Waals surface area contributed by atoms with Gasteiger partial charge >= 0.3 is 5.97 Å². The van der Waals surface area contributed by atoms with Gasteiger partial charge in [-0.25, -0.2) is 4.99 Å². The van der Waals surface area contributed by atoms with Gasteiger partial charge in [0.15, 0.2) is 5.17 Å². The van der Waals surface area contributed by atoms with Gasteiger partial charge in [-0.05, 0) is 42.5 Å². The Morgan fingerprint density at radius 2 is 1.88 bits per heavy atom. The Balaban J connectivity index is 1.72. The summed E-state index contributed by atoms with van der Waals surface area (Å²) >= 11 is 1.22. The molecular formula is C24H24N4O3S. The number of esters is 1. The summed E-state index contributed by atoms with van der Waals surface area (Å²) in [5.74, 6) is -0.533. The number of carbonyl (C=O) groups is 2. The van der Waals surface area contributed by atoms with E-state index >= 15 is 0 Å². The molecule has 1 unspecified atom stereocenters. The number of para-hydroxylation sites is 1. The Labute approximate surface area is 191 Å². The number of nitrogens with zero attached hydrogens (tertiary/aromatic N) is 2. The zero-order chi connectivity index (χ0) is 22.8. The highest BCUT2D eigenvalue weighted by Crippen LogP contribution is 2.24. The molecule has 2 N–H and O–H groups in total. The van der Waals surface area contributed by atoms with Crippen LogP contribution >= 0.6 is 11.8 Å². The van der Waals surface area contributed by atoms with Crippen LogP contribution in [0.25, 0.3) is 17.0 Å². The normalized spacial score (nSPS) is 12.5. The Bertz CT molecular complexity index is 1130. The molecule has 32 heavy (non-hydrogen) atoms. The largest absolute Gasteiger partial charge is 0.454 e. The summed E-state index contributed by atoms with van der Waals surface area (Å²) in [5, 5.41) is 7.46. The first-order valence-electron chi connectivity index (χ1n) is 10.00. The quantitative estimate of drug-likeness (QED) is 0.185. The summed E-state index contributed by atoms with van der Waals surface area (Å²) in [6.07, 6.45) is 4.51. The Morgan fingerprint density at radius 1 is 1.09 bits per heavy atom. The van der Waals surface area contributed by atoms with Gasteiger partial charge < -0.3 is 15.4 Å². The maximum Gasteiger partial charge on any atom is 0.303 e. The number of thioether (sulfide) groups is 1. The number of amides is 1. The van der Waals surface area contributed by atoms with Gasteiger partial charge in [0.1, 0.15) is 5.94 Å². The first-order chi connectivity index (χ1) is 15.5. The Kier molecular flexibility index (Phi) is 8.39. The van der Waals surface area contributed by atoms with Gasteiger partial charge in [0.2, 0.25) is 5.91 Å². The highest BCUT2D eigenvalue weighted by atomic mass is 32.2. The average Bonchev–Trinajstić information content (AvgIpc) is 2.78. The molecule has 0 fully saturated rings. The van der Waals surface area contributed by atoms with E-state index in [9.17, 15) is 9.59 Å². The Morgan fingerprint density at radius 3 is 2.66 bits per heavy atom. The molecule has 0 saturated heterocycles. The van der Waals surface area contributed by atoms with E-state index in [1.807, 2.05) is 60.7 Å². The number of aromatic nitrogens is 1. The zero-order valence-corrected chi connectivity index (χ0v) is 18.6. The fraction of sp³-hybridized carbons (Fsp3) is 0.167. The number of nitrogens with one attached hydrogen (secondary N) is 2. The van der Waals surface area contributed by atoms with Gasteiger partial charge in [0, 0.05) is 24.6 Å². The van der Waals surface area contributed by atoms with Gasteiger partial charge in [0.05, 0.1) is 17.4 Å². The van der Waals surface area contributed by atoms with Crippen LogP contribution in [0.5, 0.6) is 0 Å². The summed E-state index contributed by atoms with van der Waals surface area (Å²) < 4.78 is 5.04. The van der Waals surface area contributed by atoms with Crippen molar-refractivity contribution in [3.63, 3.8) is 0 Å². The molecule has 1 amide bonds. The molecule has 8 heteroatoms. The zero-order valence-electron chi connectivity index (χ0n) is 17.8. The molecule has 0 bridgehead atoms. The molecule has 0 aliphatic heterocycles. The maximum absolute atomic E-state index is 12.3. The second kappa shape index (κ2) is 11.7. The minimum atomic E-state index is -0.422. The minimum absolute atomic E-state index is 0.0912. The van der Waals surface area contributed by atoms with Gasteiger partial charge in [-0.1, -0.05) is 48.5 Å². The van der Waals surface area contributed by atoms with Crippen molar-refractivity contribution in [3.05, 3.63) is 78.5 Å². The fourth-order valence-corrected chi connectivity index (χ4v) is 3.54. The molecule has 164 valence electrons. The third-order valence-electron chi connectivity index (χ3n) is 4.22. The first-order valence-corrected chi connectivity index (χ1v) is 11.0. The average molecular weight is 449 g/mol. The van der Waals surface area contributed by atoms with Crippen molar-refractivity contribution in [3.8, 4) is 0 Å². The lowest BCUT2D eigenvalue weighted by Gasteiger charge is -2.17. The number of hydrogen-bond acceptors (Lipinski definition) is 6. The van der Waals surface area contributed by atoms with Crippen LogP contribution in [0.1, 0.15) is 19.4 Å². The lowest BCUT2D eigenvalue weighted by Crippen LogP contribution is -2.44. The maximum atomic E-state index is 12.3. The van der Waals surface area contributed by atoms with Gasteiger partial charge in [0.25, 0.3) is 0 Å². The molecule has 1 heterocycles. The number of hydrogen-bond donors (Lipinski definition) is 2. The highest BCUT2D eigenvalue weighted by Gasteiger charge is 2.11. The number of carbonyl (C=O) groups excluding carboxylic acids is 2. The van der Waals surface area contributed by atoms with E-state index in [1.165, 1.54) is 24.8 Å². The number of ether oxygens (including phenoxy) is 1. The van der Waals surface area contributed by atoms with Gasteiger partial charge in [-0.2, -0.15) is 0 Å². The molecule has 0 radical (unpaired) electrons. The molecule has 1 aromatic heterocycles. The van der Waals surface area contributed by atoms with Crippen molar-refractivity contribution < 1.29 is 14.3 Å². The molecule has 0 saturated carbocycles. The smallest absolute Gasteiger partial charge is 0.303 e. The number of aliphatic imine (C=N–C) groups is 1. The van der Waals surface area contributed by atoms with Gasteiger partial charge in [-0.15, -0.1) is 0 Å². The molecule has 0 aliphatic rings. The van der Waals surface area contributed by atoms with E-state index in [1.54, 1.807) is 19.2 Å². The number of amidine groups is 1. The second-order valence-electron chi connectivity index (χ2n) is 6.79. The van der Waals surface area contributed by atoms with E-state index in [-0.39, 0.29) is 17.8 Å². The molecule has 0 aliphatic carbocycles. The summed E-state index contributed by atoms with van der Waals surface area (Å²) in [7, 11) is 0. The van der Waals surface area contributed by atoms with Crippen LogP contribution in [-0.4, -0.2) is 34.1 Å². The molecule has 1 atom stereocenters. The predicted octanol–water partition coefficient (Wildman–Crippen LogP) is 4.24. The Hall–Kier alpha value is -3.65. The third-order valence-corrected chi connectivity index (χ3v) is 4.94. The van der Waals surface area contributed by atoms with Gasteiger partial charge in [-0.3, -0.25) is 14.6 Å². The molecule has 7 nitrogen and oxygen atoms in total. The van der Waals surface area contributed by atoms with E-state index < -0.39 is 6.17 Å². The topological polar surface area (TPSA) is 92.7 Å². The summed E-state index contributed by atoms with van der Waals surface area (Å²) in [6.45, 7) is 3.15. The molecular weight excluding hydrogens is 424 g/mol. The van der Waals surface area contributed by atoms with Crippen LogP contribution in [0, 0.1) is 0 Å². The standard InChI is InChI=1S/C24H24N4O3S/c1-17(26-22(30)14-13-19-8-4-3-5-9-19)27-24(32-16-31-18(2)29)28-21-12-6-10-20-11-7-15-25-23(20)21/h3-15,17H,16H2,1-2H3,(H,26,30)(H,27,28)/b14-13+. The van der Waals surface area contributed by atoms with Crippen LogP contribution in [0.4, 0.5) is 5.69 Å². The molecule has 3 aromatic rings. The number of rotatable bonds is 7. The van der Waals surface area contributed by atoms with E-state index in [0.717, 1.165) is 16.5 Å². The SMILES string of the molecule is CC(=O)OCS/C(=N/c1cccc2cccnc12)NC(C)NC(=O)/C=C/c1ccccc1. The minimum Gasteiger partial charge on any atom is -0.454 e. The van der Waals surface area contributed by atoms with E-state index in [2.05, 4.69) is 20.6 Å². The molecule has 3 rings (SSSR count). The van der Waals surface area contributed by atoms with Crippen LogP contribution in [-0.2, 0) is 14.3 Å². The van der Waals surface area contributed by atoms with Crippen LogP contribution in [0.15, 0.2) is 77.9 Å². The summed E-state index contributed by atoms with van der Waals surface area (Å²) in [4.78, 5) is 32.5.